The molecule has 18 heavy (non-hydrogen) atoms. The second kappa shape index (κ2) is 12.3. The minimum absolute atomic E-state index is 0. The van der Waals surface area contributed by atoms with Gasteiger partial charge >= 0.3 is 51.4 Å². The molecule has 6 heteroatoms. The third-order valence-electron chi connectivity index (χ3n) is 2.96. The Labute approximate surface area is 154 Å². The number of rotatable bonds is 10. The first-order valence-electron chi connectivity index (χ1n) is 6.54. The van der Waals surface area contributed by atoms with Gasteiger partial charge in [-0.15, -0.1) is 0 Å². The van der Waals surface area contributed by atoms with E-state index in [0.29, 0.717) is 19.3 Å². The van der Waals surface area contributed by atoms with Gasteiger partial charge in [-0.3, -0.25) is 0 Å². The number of unbranched alkanes of at least 4 members (excludes halogenated alkanes) is 3. The molecule has 0 spiro atoms. The van der Waals surface area contributed by atoms with E-state index in [0.717, 1.165) is 25.7 Å². The zero-order chi connectivity index (χ0) is 13.3. The largest absolute Gasteiger partial charge is 1.00 e. The molecule has 104 valence electrons. The van der Waals surface area contributed by atoms with Crippen LogP contribution in [0.3, 0.4) is 0 Å². The summed E-state index contributed by atoms with van der Waals surface area (Å²) in [7, 11) is -4.27. The van der Waals surface area contributed by atoms with Gasteiger partial charge < -0.3 is 9.66 Å². The van der Waals surface area contributed by atoms with Crippen LogP contribution in [0, 0.1) is 0 Å². The minimum atomic E-state index is -4.27. The summed E-state index contributed by atoms with van der Waals surface area (Å²) in [5.41, 5.74) is 0. The van der Waals surface area contributed by atoms with Crippen LogP contribution in [0.2, 0.25) is 0 Å². The topological polar surface area (TPSA) is 77.4 Å². The average Bonchev–Trinajstić information content (AvgIpc) is 2.23. The monoisotopic (exact) mass is 304 g/mol. The van der Waals surface area contributed by atoms with E-state index >= 15 is 0 Å². The molecule has 0 bridgehead atoms. The molecule has 2 atom stereocenters. The standard InChI is InChI=1S/C12H26O4S.K/c1-3-5-7-8-11(13)10-12(9-6-4-2)17(14,15)16;/h11-13H,3-10H2,1-2H3,(H,14,15,16);/q;+1/p-1. The van der Waals surface area contributed by atoms with E-state index in [1.165, 1.54) is 0 Å². The molecule has 0 saturated heterocycles. The van der Waals surface area contributed by atoms with Crippen molar-refractivity contribution in [2.75, 3.05) is 0 Å². The second-order valence-corrected chi connectivity index (χ2v) is 6.29. The Hall–Kier alpha value is 1.51. The predicted molar refractivity (Wildman–Crippen MR) is 67.8 cm³/mol. The quantitative estimate of drug-likeness (QED) is 0.333. The summed E-state index contributed by atoms with van der Waals surface area (Å²) in [6, 6.07) is 0. The number of hydrogen-bond acceptors (Lipinski definition) is 4. The minimum Gasteiger partial charge on any atom is -0.748 e. The summed E-state index contributed by atoms with van der Waals surface area (Å²) < 4.78 is 33.1. The van der Waals surface area contributed by atoms with Crippen LogP contribution < -0.4 is 51.4 Å². The fraction of sp³-hybridized carbons (Fsp3) is 1.00. The van der Waals surface area contributed by atoms with E-state index in [1.54, 1.807) is 0 Å². The Bertz CT molecular complexity index is 280. The van der Waals surface area contributed by atoms with E-state index in [4.69, 9.17) is 0 Å². The van der Waals surface area contributed by atoms with Gasteiger partial charge in [0.15, 0.2) is 0 Å². The molecule has 0 aliphatic heterocycles. The fourth-order valence-electron chi connectivity index (χ4n) is 1.86. The Morgan fingerprint density at radius 3 is 2.06 bits per heavy atom. The van der Waals surface area contributed by atoms with E-state index < -0.39 is 21.5 Å². The van der Waals surface area contributed by atoms with Crippen LogP contribution in [0.25, 0.3) is 0 Å². The fourth-order valence-corrected chi connectivity index (χ4v) is 2.78. The van der Waals surface area contributed by atoms with Crippen molar-refractivity contribution in [2.24, 2.45) is 0 Å². The number of aliphatic hydroxyl groups excluding tert-OH is 1. The normalized spacial score (nSPS) is 14.9. The number of hydrogen-bond donors (Lipinski definition) is 1. The molecule has 0 aliphatic carbocycles. The van der Waals surface area contributed by atoms with Crippen molar-refractivity contribution in [3.8, 4) is 0 Å². The molecule has 2 unspecified atom stereocenters. The van der Waals surface area contributed by atoms with Gasteiger partial charge in [0.2, 0.25) is 0 Å². The molecule has 0 aromatic carbocycles. The first-order valence-corrected chi connectivity index (χ1v) is 8.01. The smallest absolute Gasteiger partial charge is 0.748 e. The summed E-state index contributed by atoms with van der Waals surface area (Å²) in [5, 5.41) is 8.79. The van der Waals surface area contributed by atoms with Crippen molar-refractivity contribution in [3.63, 3.8) is 0 Å². The maximum Gasteiger partial charge on any atom is 1.00 e. The average molecular weight is 304 g/mol. The summed E-state index contributed by atoms with van der Waals surface area (Å²) in [5.74, 6) is 0. The van der Waals surface area contributed by atoms with Crippen LogP contribution in [0.4, 0.5) is 0 Å². The maximum absolute atomic E-state index is 11.0. The van der Waals surface area contributed by atoms with Crippen molar-refractivity contribution in [2.45, 2.75) is 76.6 Å². The van der Waals surface area contributed by atoms with Gasteiger partial charge in [-0.05, 0) is 19.3 Å². The summed E-state index contributed by atoms with van der Waals surface area (Å²) in [6.45, 7) is 4.02. The summed E-state index contributed by atoms with van der Waals surface area (Å²) in [4.78, 5) is 0. The van der Waals surface area contributed by atoms with E-state index in [-0.39, 0.29) is 57.8 Å². The molecule has 4 nitrogen and oxygen atoms in total. The predicted octanol–water partition coefficient (Wildman–Crippen LogP) is -0.574. The zero-order valence-electron chi connectivity index (χ0n) is 11.9. The summed E-state index contributed by atoms with van der Waals surface area (Å²) >= 11 is 0. The maximum atomic E-state index is 11.0. The molecular weight excluding hydrogens is 279 g/mol. The first kappa shape index (κ1) is 21.8. The van der Waals surface area contributed by atoms with Gasteiger partial charge in [-0.1, -0.05) is 46.0 Å². The second-order valence-electron chi connectivity index (χ2n) is 4.64. The molecule has 0 fully saturated rings. The Morgan fingerprint density at radius 1 is 1.06 bits per heavy atom. The molecule has 0 aromatic heterocycles. The molecule has 0 amide bonds. The molecule has 0 aliphatic rings. The third-order valence-corrected chi connectivity index (χ3v) is 4.21. The van der Waals surface area contributed by atoms with E-state index in [1.807, 2.05) is 6.92 Å². The number of aliphatic hydroxyl groups is 1. The molecule has 0 aromatic rings. The molecule has 1 N–H and O–H groups in total. The van der Waals surface area contributed by atoms with Crippen molar-refractivity contribution >= 4 is 10.1 Å². The third kappa shape index (κ3) is 11.3. The van der Waals surface area contributed by atoms with Crippen LogP contribution in [-0.4, -0.2) is 29.4 Å². The Kier molecular flexibility index (Phi) is 14.9. The summed E-state index contributed by atoms with van der Waals surface area (Å²) in [6.07, 6.45) is 4.94. The van der Waals surface area contributed by atoms with Crippen LogP contribution >= 0.6 is 0 Å². The van der Waals surface area contributed by atoms with E-state index in [9.17, 15) is 18.1 Å². The molecule has 0 rings (SSSR count). The molecule has 0 radical (unpaired) electrons. The van der Waals surface area contributed by atoms with Crippen LogP contribution in [-0.2, 0) is 10.1 Å². The van der Waals surface area contributed by atoms with Gasteiger partial charge in [0.1, 0.15) is 0 Å². The molecular formula is C12H25KO4S. The Balaban J connectivity index is 0. The van der Waals surface area contributed by atoms with Gasteiger partial charge in [0, 0.05) is 0 Å². The van der Waals surface area contributed by atoms with Crippen LogP contribution in [0.5, 0.6) is 0 Å². The Morgan fingerprint density at radius 2 is 1.61 bits per heavy atom. The van der Waals surface area contributed by atoms with Gasteiger partial charge in [0.25, 0.3) is 0 Å². The van der Waals surface area contributed by atoms with E-state index in [2.05, 4.69) is 6.92 Å². The molecule has 0 saturated carbocycles. The van der Waals surface area contributed by atoms with Crippen molar-refractivity contribution in [1.29, 1.82) is 0 Å². The van der Waals surface area contributed by atoms with Gasteiger partial charge in [-0.2, -0.15) is 0 Å². The van der Waals surface area contributed by atoms with Crippen molar-refractivity contribution < 1.29 is 69.5 Å². The van der Waals surface area contributed by atoms with Crippen LogP contribution in [0.15, 0.2) is 0 Å². The SMILES string of the molecule is CCCCCC(O)CC(CCCC)S(=O)(=O)[O-].[K+]. The van der Waals surface area contributed by atoms with Crippen LogP contribution in [0.1, 0.15) is 65.2 Å². The first-order chi connectivity index (χ1) is 7.91. The van der Waals surface area contributed by atoms with Gasteiger partial charge in [0.05, 0.1) is 21.5 Å². The zero-order valence-corrected chi connectivity index (χ0v) is 15.8. The van der Waals surface area contributed by atoms with Crippen molar-refractivity contribution in [1.82, 2.24) is 0 Å². The molecule has 0 heterocycles. The van der Waals surface area contributed by atoms with Crippen molar-refractivity contribution in [3.05, 3.63) is 0 Å². The van der Waals surface area contributed by atoms with Gasteiger partial charge in [-0.25, -0.2) is 8.42 Å².